The first-order valence-corrected chi connectivity index (χ1v) is 9.45. The minimum atomic E-state index is -0.983. The van der Waals surface area contributed by atoms with Gasteiger partial charge < -0.3 is 10.4 Å². The molecule has 1 aliphatic rings. The molecule has 0 aliphatic carbocycles. The highest BCUT2D eigenvalue weighted by atomic mass is 16.4. The van der Waals surface area contributed by atoms with E-state index in [0.29, 0.717) is 11.4 Å². The smallest absolute Gasteiger partial charge is 0.325 e. The van der Waals surface area contributed by atoms with Crippen LogP contribution in [0.2, 0.25) is 0 Å². The molecular formula is C22H25N3O3. The molecule has 1 heterocycles. The van der Waals surface area contributed by atoms with E-state index in [1.165, 1.54) is 5.56 Å². The normalized spacial score (nSPS) is 17.5. The molecule has 6 heteroatoms. The van der Waals surface area contributed by atoms with Crippen LogP contribution in [-0.2, 0) is 16.1 Å². The molecule has 0 spiro atoms. The number of para-hydroxylation sites is 1. The molecule has 1 atom stereocenters. The molecule has 1 amide bonds. The van der Waals surface area contributed by atoms with Gasteiger partial charge in [0.25, 0.3) is 0 Å². The highest BCUT2D eigenvalue weighted by Crippen LogP contribution is 2.23. The number of rotatable bonds is 7. The van der Waals surface area contributed by atoms with Gasteiger partial charge in [-0.2, -0.15) is 0 Å². The molecule has 3 rings (SSSR count). The summed E-state index contributed by atoms with van der Waals surface area (Å²) in [6.45, 7) is 3.11. The molecule has 1 saturated heterocycles. The number of aliphatic imine (C=N–C) groups is 1. The van der Waals surface area contributed by atoms with E-state index in [2.05, 4.69) is 27.3 Å². The molecule has 1 aliphatic heterocycles. The number of carbonyl (C=O) groups excluding carboxylic acids is 1. The quantitative estimate of drug-likeness (QED) is 0.724. The summed E-state index contributed by atoms with van der Waals surface area (Å²) in [5.41, 5.74) is 3.18. The van der Waals surface area contributed by atoms with Gasteiger partial charge in [-0.1, -0.05) is 48.5 Å². The predicted molar refractivity (Wildman–Crippen MR) is 110 cm³/mol. The third kappa shape index (κ3) is 5.04. The highest BCUT2D eigenvalue weighted by molar-refractivity contribution is 6.07. The van der Waals surface area contributed by atoms with Gasteiger partial charge in [0.15, 0.2) is 0 Å². The van der Waals surface area contributed by atoms with Gasteiger partial charge in [0, 0.05) is 23.5 Å². The number of carboxylic acid groups (broad SMARTS) is 1. The van der Waals surface area contributed by atoms with Crippen LogP contribution >= 0.6 is 0 Å². The van der Waals surface area contributed by atoms with Crippen LogP contribution in [0.4, 0.5) is 5.69 Å². The Morgan fingerprint density at radius 3 is 2.61 bits per heavy atom. The average Bonchev–Trinajstić information content (AvgIpc) is 3.15. The number of nitrogens with zero attached hydrogens (tertiary/aromatic N) is 2. The molecule has 0 saturated carbocycles. The first-order chi connectivity index (χ1) is 13.5. The topological polar surface area (TPSA) is 82.0 Å². The van der Waals surface area contributed by atoms with E-state index >= 15 is 0 Å². The summed E-state index contributed by atoms with van der Waals surface area (Å²) < 4.78 is 0. The zero-order valence-electron chi connectivity index (χ0n) is 16.0. The maximum absolute atomic E-state index is 13.0. The molecule has 0 bridgehead atoms. The molecule has 2 aromatic rings. The van der Waals surface area contributed by atoms with Crippen LogP contribution in [0.5, 0.6) is 0 Å². The maximum atomic E-state index is 13.0. The van der Waals surface area contributed by atoms with Gasteiger partial charge in [-0.15, -0.1) is 0 Å². The second kappa shape index (κ2) is 9.28. The summed E-state index contributed by atoms with van der Waals surface area (Å²) in [5.74, 6) is -1.02. The lowest BCUT2D eigenvalue weighted by Gasteiger charge is -2.24. The van der Waals surface area contributed by atoms with E-state index in [4.69, 9.17) is 5.11 Å². The van der Waals surface area contributed by atoms with Crippen LogP contribution in [0, 0.1) is 0 Å². The molecule has 2 N–H and O–H groups in total. The fourth-order valence-corrected chi connectivity index (χ4v) is 3.53. The maximum Gasteiger partial charge on any atom is 0.325 e. The Kier molecular flexibility index (Phi) is 6.55. The summed E-state index contributed by atoms with van der Waals surface area (Å²) >= 11 is 0. The van der Waals surface area contributed by atoms with Crippen LogP contribution in [0.3, 0.4) is 0 Å². The summed E-state index contributed by atoms with van der Waals surface area (Å²) in [6, 6.07) is 17.3. The van der Waals surface area contributed by atoms with Crippen molar-refractivity contribution in [1.29, 1.82) is 0 Å². The monoisotopic (exact) mass is 379 g/mol. The van der Waals surface area contributed by atoms with E-state index in [0.717, 1.165) is 31.5 Å². The van der Waals surface area contributed by atoms with E-state index in [1.807, 2.05) is 42.5 Å². The first-order valence-electron chi connectivity index (χ1n) is 9.45. The van der Waals surface area contributed by atoms with Crippen molar-refractivity contribution in [3.63, 3.8) is 0 Å². The van der Waals surface area contributed by atoms with Crippen molar-refractivity contribution in [2.75, 3.05) is 18.4 Å². The van der Waals surface area contributed by atoms with Crippen LogP contribution in [-0.4, -0.2) is 46.7 Å². The third-order valence-corrected chi connectivity index (χ3v) is 4.92. The van der Waals surface area contributed by atoms with Gasteiger partial charge in [-0.25, -0.2) is 0 Å². The number of benzene rings is 2. The summed E-state index contributed by atoms with van der Waals surface area (Å²) in [6.07, 6.45) is 1.82. The first kappa shape index (κ1) is 19.8. The van der Waals surface area contributed by atoms with Gasteiger partial charge >= 0.3 is 5.97 Å². The van der Waals surface area contributed by atoms with E-state index < -0.39 is 5.97 Å². The summed E-state index contributed by atoms with van der Waals surface area (Å²) in [5, 5.41) is 11.9. The Morgan fingerprint density at radius 2 is 1.86 bits per heavy atom. The van der Waals surface area contributed by atoms with Crippen molar-refractivity contribution >= 4 is 23.3 Å². The number of carbonyl (C=O) groups is 2. The number of aliphatic carboxylic acids is 1. The van der Waals surface area contributed by atoms with Crippen LogP contribution in [0.1, 0.15) is 30.9 Å². The highest BCUT2D eigenvalue weighted by Gasteiger charge is 2.31. The summed E-state index contributed by atoms with van der Waals surface area (Å²) in [4.78, 5) is 30.0. The fourth-order valence-electron chi connectivity index (χ4n) is 3.53. The van der Waals surface area contributed by atoms with Crippen molar-refractivity contribution in [3.8, 4) is 0 Å². The number of nitrogens with one attached hydrogen (secondary N) is 1. The Morgan fingerprint density at radius 1 is 1.14 bits per heavy atom. The van der Waals surface area contributed by atoms with Gasteiger partial charge in [0.05, 0.1) is 6.04 Å². The van der Waals surface area contributed by atoms with E-state index in [1.54, 1.807) is 6.92 Å². The van der Waals surface area contributed by atoms with Crippen LogP contribution in [0.15, 0.2) is 59.6 Å². The Balaban J connectivity index is 1.72. The standard InChI is InChI=1S/C22H25N3O3/c1-16(23-14-21(26)27)18-10-5-6-11-19(18)24-22(28)20-12-7-13-25(20)15-17-8-3-2-4-9-17/h2-6,8-11,20H,7,12-15H2,1H3,(H,24,28)(H,26,27)/t20-/m0/s1. The number of carboxylic acids is 1. The lowest BCUT2D eigenvalue weighted by molar-refractivity contribution is -0.135. The number of amides is 1. The Bertz CT molecular complexity index is 864. The minimum absolute atomic E-state index is 0.0353. The van der Waals surface area contributed by atoms with Crippen molar-refractivity contribution < 1.29 is 14.7 Å². The van der Waals surface area contributed by atoms with Gasteiger partial charge in [-0.05, 0) is 37.9 Å². The largest absolute Gasteiger partial charge is 0.480 e. The molecule has 0 radical (unpaired) electrons. The third-order valence-electron chi connectivity index (χ3n) is 4.92. The second-order valence-corrected chi connectivity index (χ2v) is 6.94. The lowest BCUT2D eigenvalue weighted by atomic mass is 10.1. The number of hydrogen-bond acceptors (Lipinski definition) is 4. The molecule has 6 nitrogen and oxygen atoms in total. The molecule has 0 unspecified atom stereocenters. The summed E-state index contributed by atoms with van der Waals surface area (Å²) in [7, 11) is 0. The number of anilines is 1. The molecule has 146 valence electrons. The van der Waals surface area contributed by atoms with Crippen molar-refractivity contribution in [3.05, 3.63) is 65.7 Å². The Hall–Kier alpha value is -2.99. The minimum Gasteiger partial charge on any atom is -0.480 e. The van der Waals surface area contributed by atoms with Crippen molar-refractivity contribution in [2.24, 2.45) is 4.99 Å². The molecule has 0 aromatic heterocycles. The fraction of sp³-hybridized carbons (Fsp3) is 0.318. The Labute approximate surface area is 164 Å². The van der Waals surface area contributed by atoms with Crippen molar-refractivity contribution in [2.45, 2.75) is 32.4 Å². The van der Waals surface area contributed by atoms with Gasteiger partial charge in [0.2, 0.25) is 5.91 Å². The number of hydrogen-bond donors (Lipinski definition) is 2. The van der Waals surface area contributed by atoms with E-state index in [-0.39, 0.29) is 18.5 Å². The van der Waals surface area contributed by atoms with E-state index in [9.17, 15) is 9.59 Å². The molecular weight excluding hydrogens is 354 g/mol. The molecule has 1 fully saturated rings. The zero-order valence-corrected chi connectivity index (χ0v) is 16.0. The van der Waals surface area contributed by atoms with Crippen molar-refractivity contribution in [1.82, 2.24) is 4.90 Å². The molecule has 28 heavy (non-hydrogen) atoms. The van der Waals surface area contributed by atoms with Gasteiger partial charge in [-0.3, -0.25) is 19.5 Å². The van der Waals surface area contributed by atoms with Crippen LogP contribution in [0.25, 0.3) is 0 Å². The van der Waals surface area contributed by atoms with Crippen LogP contribution < -0.4 is 5.32 Å². The van der Waals surface area contributed by atoms with Gasteiger partial charge in [0.1, 0.15) is 6.54 Å². The number of likely N-dealkylation sites (tertiary alicyclic amines) is 1. The average molecular weight is 379 g/mol. The predicted octanol–water partition coefficient (Wildman–Crippen LogP) is 3.18. The lowest BCUT2D eigenvalue weighted by Crippen LogP contribution is -2.39. The zero-order chi connectivity index (χ0) is 19.9. The SMILES string of the molecule is CC(=NCC(=O)O)c1ccccc1NC(=O)[C@@H]1CCCN1Cc1ccccc1. The second-order valence-electron chi connectivity index (χ2n) is 6.94. The molecule has 2 aromatic carbocycles.